The predicted octanol–water partition coefficient (Wildman–Crippen LogP) is 18.5. The Bertz CT molecular complexity index is 525. The largest absolute Gasteiger partial charge is 0.0851 e. The van der Waals surface area contributed by atoms with Crippen LogP contribution >= 0.6 is 0 Å². The van der Waals surface area contributed by atoms with E-state index in [1.54, 1.807) is 0 Å². The molecule has 0 aliphatic rings. The summed E-state index contributed by atoms with van der Waals surface area (Å²) >= 11 is 0. The Balaban J connectivity index is 4.70. The standard InChI is InChI=1S/C48H96/c1-5-9-13-17-21-23-25-27-31-35-39-43-47(41-37-33-29-19-15-11-7-3)45-46-48(42-38-34-30-20-16-12-8-4)44-40-36-32-28-26-24-22-18-14-10-6-2/h45-48H,5-44H2,1-4H3. The summed E-state index contributed by atoms with van der Waals surface area (Å²) in [7, 11) is 0. The average Bonchev–Trinajstić information content (AvgIpc) is 3.10. The normalized spacial score (nSPS) is 13.2. The summed E-state index contributed by atoms with van der Waals surface area (Å²) in [6, 6.07) is 0. The number of unbranched alkanes of at least 4 members (excludes halogenated alkanes) is 32. The lowest BCUT2D eigenvalue weighted by molar-refractivity contribution is 0.445. The van der Waals surface area contributed by atoms with Crippen molar-refractivity contribution in [2.45, 2.75) is 285 Å². The summed E-state index contributed by atoms with van der Waals surface area (Å²) in [5.74, 6) is 1.68. The zero-order valence-electron chi connectivity index (χ0n) is 34.6. The molecule has 0 N–H and O–H groups in total. The SMILES string of the molecule is CCCCCCCCCCCCCC(C=CC(CCCCCCCCC)CCCCCCCCCCCCC)CCCCCCCCC. The van der Waals surface area contributed by atoms with Crippen LogP contribution in [0.2, 0.25) is 0 Å². The average molecular weight is 673 g/mol. The summed E-state index contributed by atoms with van der Waals surface area (Å²) in [6.07, 6.45) is 63.7. The Morgan fingerprint density at radius 2 is 0.354 bits per heavy atom. The van der Waals surface area contributed by atoms with E-state index in [1.165, 1.54) is 257 Å². The zero-order chi connectivity index (χ0) is 34.9. The van der Waals surface area contributed by atoms with Gasteiger partial charge in [0.2, 0.25) is 0 Å². The first kappa shape index (κ1) is 47.7. The van der Waals surface area contributed by atoms with Crippen LogP contribution in [-0.2, 0) is 0 Å². The molecule has 0 fully saturated rings. The van der Waals surface area contributed by atoms with Crippen molar-refractivity contribution >= 4 is 0 Å². The van der Waals surface area contributed by atoms with E-state index in [-0.39, 0.29) is 0 Å². The maximum atomic E-state index is 2.76. The van der Waals surface area contributed by atoms with Crippen LogP contribution in [0.15, 0.2) is 12.2 Å². The molecule has 0 bridgehead atoms. The lowest BCUT2D eigenvalue weighted by Gasteiger charge is -2.17. The molecular weight excluding hydrogens is 577 g/mol. The Hall–Kier alpha value is -0.260. The van der Waals surface area contributed by atoms with Crippen molar-refractivity contribution < 1.29 is 0 Å². The Morgan fingerprint density at radius 3 is 0.521 bits per heavy atom. The fraction of sp³-hybridized carbons (Fsp3) is 0.958. The van der Waals surface area contributed by atoms with Crippen LogP contribution in [0.4, 0.5) is 0 Å². The van der Waals surface area contributed by atoms with Gasteiger partial charge in [-0.2, -0.15) is 0 Å². The van der Waals surface area contributed by atoms with E-state index in [2.05, 4.69) is 39.8 Å². The number of hydrogen-bond acceptors (Lipinski definition) is 0. The molecule has 0 saturated heterocycles. The van der Waals surface area contributed by atoms with Crippen molar-refractivity contribution in [3.63, 3.8) is 0 Å². The van der Waals surface area contributed by atoms with Crippen LogP contribution in [0.1, 0.15) is 285 Å². The van der Waals surface area contributed by atoms with Crippen LogP contribution in [0.3, 0.4) is 0 Å². The fourth-order valence-electron chi connectivity index (χ4n) is 7.86. The van der Waals surface area contributed by atoms with Crippen molar-refractivity contribution in [1.29, 1.82) is 0 Å². The van der Waals surface area contributed by atoms with Crippen LogP contribution in [-0.4, -0.2) is 0 Å². The van der Waals surface area contributed by atoms with Crippen LogP contribution in [0.5, 0.6) is 0 Å². The molecule has 0 aromatic rings. The van der Waals surface area contributed by atoms with Gasteiger partial charge < -0.3 is 0 Å². The van der Waals surface area contributed by atoms with Crippen molar-refractivity contribution in [3.8, 4) is 0 Å². The molecule has 0 spiro atoms. The summed E-state index contributed by atoms with van der Waals surface area (Å²) in [5.41, 5.74) is 0. The van der Waals surface area contributed by atoms with E-state index < -0.39 is 0 Å². The highest BCUT2D eigenvalue weighted by Gasteiger charge is 2.10. The fourth-order valence-corrected chi connectivity index (χ4v) is 7.86. The van der Waals surface area contributed by atoms with Gasteiger partial charge in [0.1, 0.15) is 0 Å². The third kappa shape index (κ3) is 38.5. The Kier molecular flexibility index (Phi) is 42.7. The lowest BCUT2D eigenvalue weighted by Crippen LogP contribution is -2.02. The molecule has 0 amide bonds. The van der Waals surface area contributed by atoms with E-state index >= 15 is 0 Å². The van der Waals surface area contributed by atoms with Crippen LogP contribution in [0, 0.1) is 11.8 Å². The second kappa shape index (κ2) is 42.9. The van der Waals surface area contributed by atoms with E-state index in [0.29, 0.717) is 0 Å². The second-order valence-electron chi connectivity index (χ2n) is 16.4. The van der Waals surface area contributed by atoms with Crippen molar-refractivity contribution in [2.75, 3.05) is 0 Å². The molecule has 0 saturated carbocycles. The molecule has 2 atom stereocenters. The smallest absolute Gasteiger partial charge is 0.0233 e. The summed E-state index contributed by atoms with van der Waals surface area (Å²) in [5, 5.41) is 0. The zero-order valence-corrected chi connectivity index (χ0v) is 34.6. The van der Waals surface area contributed by atoms with Crippen molar-refractivity contribution in [2.24, 2.45) is 11.8 Å². The molecule has 0 nitrogen and oxygen atoms in total. The molecule has 48 heavy (non-hydrogen) atoms. The highest BCUT2D eigenvalue weighted by atomic mass is 14.2. The van der Waals surface area contributed by atoms with Gasteiger partial charge in [0.25, 0.3) is 0 Å². The second-order valence-corrected chi connectivity index (χ2v) is 16.4. The summed E-state index contributed by atoms with van der Waals surface area (Å²) < 4.78 is 0. The minimum Gasteiger partial charge on any atom is -0.0851 e. The van der Waals surface area contributed by atoms with Gasteiger partial charge in [-0.15, -0.1) is 0 Å². The molecule has 0 aliphatic heterocycles. The van der Waals surface area contributed by atoms with Gasteiger partial charge in [-0.1, -0.05) is 271 Å². The van der Waals surface area contributed by atoms with E-state index in [1.807, 2.05) is 0 Å². The minimum atomic E-state index is 0.841. The number of rotatable bonds is 42. The van der Waals surface area contributed by atoms with Gasteiger partial charge in [-0.25, -0.2) is 0 Å². The summed E-state index contributed by atoms with van der Waals surface area (Å²) in [6.45, 7) is 9.32. The van der Waals surface area contributed by atoms with Gasteiger partial charge in [-0.3, -0.25) is 0 Å². The topological polar surface area (TPSA) is 0 Å². The maximum Gasteiger partial charge on any atom is -0.0233 e. The molecule has 0 heteroatoms. The lowest BCUT2D eigenvalue weighted by atomic mass is 9.89. The van der Waals surface area contributed by atoms with E-state index in [0.717, 1.165) is 11.8 Å². The third-order valence-corrected chi connectivity index (χ3v) is 11.4. The number of allylic oxidation sites excluding steroid dienone is 2. The molecular formula is C48H96. The molecule has 0 aromatic carbocycles. The Morgan fingerprint density at radius 1 is 0.208 bits per heavy atom. The molecule has 0 aromatic heterocycles. The highest BCUT2D eigenvalue weighted by Crippen LogP contribution is 2.25. The van der Waals surface area contributed by atoms with Gasteiger partial charge in [0, 0.05) is 0 Å². The minimum absolute atomic E-state index is 0.841. The number of hydrogen-bond donors (Lipinski definition) is 0. The first-order valence-electron chi connectivity index (χ1n) is 23.5. The van der Waals surface area contributed by atoms with Crippen LogP contribution in [0.25, 0.3) is 0 Å². The van der Waals surface area contributed by atoms with Gasteiger partial charge >= 0.3 is 0 Å². The van der Waals surface area contributed by atoms with Crippen molar-refractivity contribution in [3.05, 3.63) is 12.2 Å². The maximum absolute atomic E-state index is 2.76. The first-order valence-corrected chi connectivity index (χ1v) is 23.5. The predicted molar refractivity (Wildman–Crippen MR) is 223 cm³/mol. The first-order chi connectivity index (χ1) is 23.8. The van der Waals surface area contributed by atoms with Gasteiger partial charge in [0.05, 0.1) is 0 Å². The molecule has 2 unspecified atom stereocenters. The molecule has 0 aliphatic carbocycles. The third-order valence-electron chi connectivity index (χ3n) is 11.4. The van der Waals surface area contributed by atoms with E-state index in [9.17, 15) is 0 Å². The molecule has 288 valence electrons. The molecule has 0 radical (unpaired) electrons. The molecule has 0 heterocycles. The highest BCUT2D eigenvalue weighted by molar-refractivity contribution is 4.93. The van der Waals surface area contributed by atoms with E-state index in [4.69, 9.17) is 0 Å². The molecule has 0 rings (SSSR count). The Labute approximate surface area is 307 Å². The van der Waals surface area contributed by atoms with Gasteiger partial charge in [0.15, 0.2) is 0 Å². The monoisotopic (exact) mass is 673 g/mol. The van der Waals surface area contributed by atoms with Gasteiger partial charge in [-0.05, 0) is 37.5 Å². The van der Waals surface area contributed by atoms with Crippen molar-refractivity contribution in [1.82, 2.24) is 0 Å². The quantitative estimate of drug-likeness (QED) is 0.0447. The summed E-state index contributed by atoms with van der Waals surface area (Å²) in [4.78, 5) is 0. The van der Waals surface area contributed by atoms with Crippen LogP contribution < -0.4 is 0 Å².